The van der Waals surface area contributed by atoms with Crippen LogP contribution < -0.4 is 4.74 Å². The van der Waals surface area contributed by atoms with Gasteiger partial charge < -0.3 is 24.2 Å². The van der Waals surface area contributed by atoms with E-state index in [1.54, 1.807) is 11.0 Å². The predicted molar refractivity (Wildman–Crippen MR) is 114 cm³/mol. The third-order valence-electron chi connectivity index (χ3n) is 6.95. The highest BCUT2D eigenvalue weighted by atomic mass is 16.6. The summed E-state index contributed by atoms with van der Waals surface area (Å²) in [5, 5.41) is 10.5. The first-order chi connectivity index (χ1) is 14.4. The number of ether oxygens (including phenoxy) is 3. The third-order valence-corrected chi connectivity index (χ3v) is 6.95. The summed E-state index contributed by atoms with van der Waals surface area (Å²) in [6.45, 7) is 11.6. The van der Waals surface area contributed by atoms with Crippen molar-refractivity contribution in [3.05, 3.63) is 23.3 Å². The largest absolute Gasteiger partial charge is 0.504 e. The number of amides is 1. The Morgan fingerprint density at radius 2 is 1.94 bits per heavy atom. The molecule has 1 spiro atoms. The number of nitrogens with zero attached hydrogens (tertiary/aromatic N) is 1. The molecule has 2 saturated heterocycles. The number of hydrogen-bond donors (Lipinski definition) is 1. The number of aldehydes is 1. The fraction of sp³-hybridized carbons (Fsp3) is 0.667. The molecule has 0 bridgehead atoms. The molecular formula is C24H33NO6. The fourth-order valence-corrected chi connectivity index (χ4v) is 5.14. The molecule has 1 aromatic rings. The van der Waals surface area contributed by atoms with E-state index in [2.05, 4.69) is 0 Å². The Balaban J connectivity index is 1.51. The maximum atomic E-state index is 12.4. The lowest BCUT2D eigenvalue weighted by molar-refractivity contribution is -0.174. The van der Waals surface area contributed by atoms with Crippen molar-refractivity contribution in [3.63, 3.8) is 0 Å². The highest BCUT2D eigenvalue weighted by Gasteiger charge is 2.53. The molecule has 0 aliphatic carbocycles. The van der Waals surface area contributed by atoms with E-state index < -0.39 is 11.2 Å². The number of rotatable bonds is 1. The minimum Gasteiger partial charge on any atom is -0.504 e. The van der Waals surface area contributed by atoms with Gasteiger partial charge in [-0.2, -0.15) is 0 Å². The second-order valence-electron chi connectivity index (χ2n) is 10.8. The summed E-state index contributed by atoms with van der Waals surface area (Å²) in [5.41, 5.74) is -0.0580. The molecule has 0 saturated carbocycles. The molecule has 3 aliphatic heterocycles. The zero-order valence-electron chi connectivity index (χ0n) is 19.1. The zero-order valence-corrected chi connectivity index (χ0v) is 19.1. The molecule has 2 fully saturated rings. The van der Waals surface area contributed by atoms with Crippen LogP contribution in [0, 0.1) is 11.3 Å². The van der Waals surface area contributed by atoms with Crippen LogP contribution in [0.15, 0.2) is 12.1 Å². The Bertz CT molecular complexity index is 879. The monoisotopic (exact) mass is 431 g/mol. The average Bonchev–Trinajstić information content (AvgIpc) is 2.68. The summed E-state index contributed by atoms with van der Waals surface area (Å²) in [6, 6.07) is 3.45. The van der Waals surface area contributed by atoms with Gasteiger partial charge in [0.1, 0.15) is 11.2 Å². The number of carbonyl (C=O) groups excluding carboxylic acids is 2. The van der Waals surface area contributed by atoms with Crippen molar-refractivity contribution in [3.8, 4) is 11.5 Å². The summed E-state index contributed by atoms with van der Waals surface area (Å²) >= 11 is 0. The number of hydrogen-bond acceptors (Lipinski definition) is 6. The van der Waals surface area contributed by atoms with Gasteiger partial charge in [0.15, 0.2) is 17.8 Å². The standard InChI is InChI=1S/C24H33NO6/c1-22(2,3)31-21(28)25-10-8-24(9-11-25)12-17-19(29-14-24)16-7-6-15(13-26)18(27)20(16)30-23(17,4)5/h6-7,13,17,19,27H,8-12,14H2,1-5H3/t17-,19+/m1/s1. The van der Waals surface area contributed by atoms with Gasteiger partial charge in [-0.05, 0) is 65.4 Å². The molecule has 7 heteroatoms. The molecule has 3 aliphatic rings. The first kappa shape index (κ1) is 21.9. The Morgan fingerprint density at radius 3 is 2.55 bits per heavy atom. The Morgan fingerprint density at radius 1 is 1.26 bits per heavy atom. The van der Waals surface area contributed by atoms with Gasteiger partial charge in [0.2, 0.25) is 0 Å². The molecule has 170 valence electrons. The van der Waals surface area contributed by atoms with Crippen LogP contribution in [-0.2, 0) is 9.47 Å². The minimum atomic E-state index is -0.563. The van der Waals surface area contributed by atoms with Crippen molar-refractivity contribution in [2.45, 2.75) is 71.2 Å². The van der Waals surface area contributed by atoms with E-state index in [4.69, 9.17) is 14.2 Å². The maximum absolute atomic E-state index is 12.4. The van der Waals surface area contributed by atoms with Gasteiger partial charge in [-0.3, -0.25) is 4.79 Å². The molecule has 0 unspecified atom stereocenters. The van der Waals surface area contributed by atoms with Crippen molar-refractivity contribution in [2.75, 3.05) is 19.7 Å². The maximum Gasteiger partial charge on any atom is 0.410 e. The number of phenolic OH excluding ortho intramolecular Hbond substituents is 1. The molecule has 4 rings (SSSR count). The molecule has 31 heavy (non-hydrogen) atoms. The van der Waals surface area contributed by atoms with E-state index in [1.807, 2.05) is 40.7 Å². The molecule has 2 atom stereocenters. The Hall–Kier alpha value is -2.28. The van der Waals surface area contributed by atoms with Crippen molar-refractivity contribution in [1.82, 2.24) is 4.90 Å². The molecule has 7 nitrogen and oxygen atoms in total. The van der Waals surface area contributed by atoms with Crippen LogP contribution in [0.25, 0.3) is 0 Å². The SMILES string of the molecule is CC(C)(C)OC(=O)N1CCC2(CC1)CO[C@H]1c3ccc(C=O)c(O)c3OC(C)(C)[C@@H]1C2. The highest BCUT2D eigenvalue weighted by molar-refractivity contribution is 5.81. The van der Waals surface area contributed by atoms with Crippen LogP contribution in [0.1, 0.15) is 75.9 Å². The molecule has 3 heterocycles. The van der Waals surface area contributed by atoms with E-state index in [9.17, 15) is 14.7 Å². The van der Waals surface area contributed by atoms with Crippen molar-refractivity contribution in [1.29, 1.82) is 0 Å². The number of phenols is 1. The van der Waals surface area contributed by atoms with E-state index in [-0.39, 0.29) is 34.8 Å². The molecule has 1 aromatic carbocycles. The van der Waals surface area contributed by atoms with E-state index in [1.165, 1.54) is 0 Å². The van der Waals surface area contributed by atoms with Gasteiger partial charge >= 0.3 is 6.09 Å². The van der Waals surface area contributed by atoms with Gasteiger partial charge in [0.25, 0.3) is 0 Å². The second kappa shape index (κ2) is 7.40. The van der Waals surface area contributed by atoms with Crippen LogP contribution in [0.4, 0.5) is 4.79 Å². The summed E-state index contributed by atoms with van der Waals surface area (Å²) in [7, 11) is 0. The fourth-order valence-electron chi connectivity index (χ4n) is 5.14. The number of likely N-dealkylation sites (tertiary alicyclic amines) is 1. The van der Waals surface area contributed by atoms with Crippen molar-refractivity contribution in [2.24, 2.45) is 11.3 Å². The average molecular weight is 432 g/mol. The normalized spacial score (nSPS) is 26.4. The lowest BCUT2D eigenvalue weighted by Gasteiger charge is -2.54. The summed E-state index contributed by atoms with van der Waals surface area (Å²) in [5.74, 6) is 0.337. The van der Waals surface area contributed by atoms with E-state index in [0.717, 1.165) is 24.8 Å². The van der Waals surface area contributed by atoms with Crippen LogP contribution >= 0.6 is 0 Å². The topological polar surface area (TPSA) is 85.3 Å². The Kier molecular flexibility index (Phi) is 5.23. The number of carbonyl (C=O) groups is 2. The summed E-state index contributed by atoms with van der Waals surface area (Å²) in [4.78, 5) is 25.5. The van der Waals surface area contributed by atoms with Gasteiger partial charge in [0.05, 0.1) is 18.3 Å². The number of piperidine rings is 1. The van der Waals surface area contributed by atoms with Gasteiger partial charge in [0, 0.05) is 24.6 Å². The van der Waals surface area contributed by atoms with Crippen molar-refractivity contribution >= 4 is 12.4 Å². The summed E-state index contributed by atoms with van der Waals surface area (Å²) in [6.07, 6.45) is 2.81. The molecule has 1 amide bonds. The predicted octanol–water partition coefficient (Wildman–Crippen LogP) is 4.47. The number of aromatic hydroxyl groups is 1. The van der Waals surface area contributed by atoms with Crippen LogP contribution in [0.3, 0.4) is 0 Å². The first-order valence-electron chi connectivity index (χ1n) is 11.0. The lowest BCUT2D eigenvalue weighted by atomic mass is 9.64. The van der Waals surface area contributed by atoms with Gasteiger partial charge in [-0.25, -0.2) is 4.79 Å². The van der Waals surface area contributed by atoms with E-state index >= 15 is 0 Å². The van der Waals surface area contributed by atoms with Crippen LogP contribution in [0.5, 0.6) is 11.5 Å². The molecule has 1 N–H and O–H groups in total. The number of benzene rings is 1. The summed E-state index contributed by atoms with van der Waals surface area (Å²) < 4.78 is 18.2. The highest BCUT2D eigenvalue weighted by Crippen LogP contribution is 2.57. The third kappa shape index (κ3) is 4.00. The second-order valence-corrected chi connectivity index (χ2v) is 10.8. The quantitative estimate of drug-likeness (QED) is 0.661. The van der Waals surface area contributed by atoms with Gasteiger partial charge in [-0.15, -0.1) is 0 Å². The molecular weight excluding hydrogens is 398 g/mol. The van der Waals surface area contributed by atoms with E-state index in [0.29, 0.717) is 31.7 Å². The number of fused-ring (bicyclic) bond motifs is 3. The van der Waals surface area contributed by atoms with Crippen molar-refractivity contribution < 1.29 is 28.9 Å². The van der Waals surface area contributed by atoms with Crippen LogP contribution in [0.2, 0.25) is 0 Å². The molecule has 0 aromatic heterocycles. The molecule has 0 radical (unpaired) electrons. The minimum absolute atomic E-state index is 0.0113. The first-order valence-corrected chi connectivity index (χ1v) is 11.0. The zero-order chi connectivity index (χ0) is 22.6. The smallest absolute Gasteiger partial charge is 0.410 e. The Labute approximate surface area is 183 Å². The van der Waals surface area contributed by atoms with Gasteiger partial charge in [-0.1, -0.05) is 6.07 Å². The lowest BCUT2D eigenvalue weighted by Crippen LogP contribution is -2.55. The van der Waals surface area contributed by atoms with Crippen LogP contribution in [-0.4, -0.2) is 53.3 Å².